The number of aromatic nitrogens is 2. The number of hydrogen-bond acceptors (Lipinski definition) is 3. The number of nitrogens with two attached hydrogens (primary N) is 1. The highest BCUT2D eigenvalue weighted by Crippen LogP contribution is 2.27. The Kier molecular flexibility index (Phi) is 3.39. The third kappa shape index (κ3) is 2.24. The topological polar surface area (TPSA) is 53.1 Å². The van der Waals surface area contributed by atoms with Crippen molar-refractivity contribution in [3.63, 3.8) is 0 Å². The zero-order chi connectivity index (χ0) is 13.3. The van der Waals surface area contributed by atoms with Crippen LogP contribution >= 0.6 is 0 Å². The van der Waals surface area contributed by atoms with E-state index < -0.39 is 0 Å². The van der Waals surface area contributed by atoms with Crippen LogP contribution in [-0.4, -0.2) is 16.9 Å². The molecular formula is C14H19N3O. The Labute approximate surface area is 107 Å². The van der Waals surface area contributed by atoms with Gasteiger partial charge in [-0.25, -0.2) is 0 Å². The Morgan fingerprint density at radius 3 is 2.50 bits per heavy atom. The van der Waals surface area contributed by atoms with E-state index in [1.165, 1.54) is 0 Å². The van der Waals surface area contributed by atoms with Crippen molar-refractivity contribution in [2.75, 3.05) is 7.11 Å². The zero-order valence-electron chi connectivity index (χ0n) is 11.3. The molecule has 0 fully saturated rings. The van der Waals surface area contributed by atoms with Gasteiger partial charge >= 0.3 is 0 Å². The van der Waals surface area contributed by atoms with Gasteiger partial charge in [0.1, 0.15) is 5.75 Å². The van der Waals surface area contributed by atoms with Crippen LogP contribution in [0.2, 0.25) is 0 Å². The normalized spacial score (nSPS) is 12.5. The fourth-order valence-corrected chi connectivity index (χ4v) is 2.21. The molecule has 0 aliphatic heterocycles. The molecule has 1 aromatic carbocycles. The van der Waals surface area contributed by atoms with Gasteiger partial charge < -0.3 is 10.5 Å². The fraction of sp³-hybridized carbons (Fsp3) is 0.357. The lowest BCUT2D eigenvalue weighted by Gasteiger charge is -2.15. The number of aryl methyl sites for hydroxylation is 3. The van der Waals surface area contributed by atoms with Crippen LogP contribution in [0.15, 0.2) is 24.4 Å². The summed E-state index contributed by atoms with van der Waals surface area (Å²) in [6.07, 6.45) is 1.98. The van der Waals surface area contributed by atoms with Gasteiger partial charge in [0.2, 0.25) is 0 Å². The Morgan fingerprint density at radius 1 is 1.28 bits per heavy atom. The minimum atomic E-state index is -0.149. The molecule has 0 radical (unpaired) electrons. The molecule has 0 saturated heterocycles. The third-order valence-corrected chi connectivity index (χ3v) is 3.20. The van der Waals surface area contributed by atoms with Crippen molar-refractivity contribution in [1.29, 1.82) is 0 Å². The van der Waals surface area contributed by atoms with Gasteiger partial charge in [0.15, 0.2) is 0 Å². The van der Waals surface area contributed by atoms with Crippen LogP contribution in [0.3, 0.4) is 0 Å². The monoisotopic (exact) mass is 245 g/mol. The maximum atomic E-state index is 6.33. The highest BCUT2D eigenvalue weighted by atomic mass is 16.5. The first-order valence-corrected chi connectivity index (χ1v) is 5.93. The summed E-state index contributed by atoms with van der Waals surface area (Å²) in [6, 6.07) is 5.81. The lowest BCUT2D eigenvalue weighted by atomic mass is 9.96. The molecule has 18 heavy (non-hydrogen) atoms. The van der Waals surface area contributed by atoms with Crippen molar-refractivity contribution in [3.05, 3.63) is 46.8 Å². The number of ether oxygens (including phenoxy) is 1. The Hall–Kier alpha value is -1.81. The fourth-order valence-electron chi connectivity index (χ4n) is 2.21. The molecule has 1 unspecified atom stereocenters. The van der Waals surface area contributed by atoms with Gasteiger partial charge in [0.25, 0.3) is 0 Å². The third-order valence-electron chi connectivity index (χ3n) is 3.20. The molecule has 2 rings (SSSR count). The van der Waals surface area contributed by atoms with Crippen molar-refractivity contribution < 1.29 is 4.74 Å². The van der Waals surface area contributed by atoms with Gasteiger partial charge in [-0.1, -0.05) is 6.07 Å². The summed E-state index contributed by atoms with van der Waals surface area (Å²) in [5.74, 6) is 0.853. The number of benzene rings is 1. The zero-order valence-corrected chi connectivity index (χ0v) is 11.3. The minimum Gasteiger partial charge on any atom is -0.497 e. The number of rotatable bonds is 3. The maximum absolute atomic E-state index is 6.33. The van der Waals surface area contributed by atoms with E-state index in [0.717, 1.165) is 28.1 Å². The average molecular weight is 245 g/mol. The average Bonchev–Trinajstić information content (AvgIpc) is 2.67. The van der Waals surface area contributed by atoms with Gasteiger partial charge in [-0.2, -0.15) is 5.10 Å². The standard InChI is InChI=1S/C14H19N3O/c1-9-7-11(18-4)5-6-12(9)14(15)13-8-17(3)16-10(13)2/h5-8,14H,15H2,1-4H3. The molecule has 4 heteroatoms. The number of hydrogen-bond donors (Lipinski definition) is 1. The van der Waals surface area contributed by atoms with Crippen molar-refractivity contribution in [2.45, 2.75) is 19.9 Å². The first-order chi connectivity index (χ1) is 8.52. The molecule has 0 amide bonds. The lowest BCUT2D eigenvalue weighted by molar-refractivity contribution is 0.414. The van der Waals surface area contributed by atoms with Gasteiger partial charge in [0.05, 0.1) is 18.8 Å². The van der Waals surface area contributed by atoms with Crippen molar-refractivity contribution in [2.24, 2.45) is 12.8 Å². The van der Waals surface area contributed by atoms with E-state index in [9.17, 15) is 0 Å². The summed E-state index contributed by atoms with van der Waals surface area (Å²) >= 11 is 0. The highest BCUT2D eigenvalue weighted by Gasteiger charge is 2.16. The predicted molar refractivity (Wildman–Crippen MR) is 71.7 cm³/mol. The van der Waals surface area contributed by atoms with E-state index in [2.05, 4.69) is 5.10 Å². The molecule has 1 heterocycles. The van der Waals surface area contributed by atoms with Crippen LogP contribution in [0.25, 0.3) is 0 Å². The first kappa shape index (κ1) is 12.6. The molecule has 2 N–H and O–H groups in total. The van der Waals surface area contributed by atoms with Crippen LogP contribution in [0.1, 0.15) is 28.4 Å². The first-order valence-electron chi connectivity index (χ1n) is 5.93. The molecule has 96 valence electrons. The Bertz CT molecular complexity index is 560. The Morgan fingerprint density at radius 2 is 2.00 bits per heavy atom. The molecular weight excluding hydrogens is 226 g/mol. The quantitative estimate of drug-likeness (QED) is 0.901. The van der Waals surface area contributed by atoms with E-state index in [0.29, 0.717) is 0 Å². The van der Waals surface area contributed by atoms with Crippen molar-refractivity contribution >= 4 is 0 Å². The molecule has 1 atom stereocenters. The largest absolute Gasteiger partial charge is 0.497 e. The predicted octanol–water partition coefficient (Wildman–Crippen LogP) is 2.09. The van der Waals surface area contributed by atoms with Gasteiger partial charge in [-0.05, 0) is 37.1 Å². The van der Waals surface area contributed by atoms with E-state index in [4.69, 9.17) is 10.5 Å². The lowest BCUT2D eigenvalue weighted by Crippen LogP contribution is -2.13. The molecule has 0 aliphatic rings. The van der Waals surface area contributed by atoms with Gasteiger partial charge in [0, 0.05) is 18.8 Å². The van der Waals surface area contributed by atoms with E-state index in [1.54, 1.807) is 11.8 Å². The highest BCUT2D eigenvalue weighted by molar-refractivity contribution is 5.41. The van der Waals surface area contributed by atoms with Crippen molar-refractivity contribution in [1.82, 2.24) is 9.78 Å². The molecule has 4 nitrogen and oxygen atoms in total. The van der Waals surface area contributed by atoms with Crippen LogP contribution < -0.4 is 10.5 Å². The summed E-state index contributed by atoms with van der Waals surface area (Å²) < 4.78 is 7.00. The number of methoxy groups -OCH3 is 1. The second kappa shape index (κ2) is 4.82. The van der Waals surface area contributed by atoms with E-state index in [1.807, 2.05) is 45.3 Å². The smallest absolute Gasteiger partial charge is 0.119 e. The van der Waals surface area contributed by atoms with E-state index >= 15 is 0 Å². The second-order valence-corrected chi connectivity index (χ2v) is 4.54. The molecule has 0 bridgehead atoms. The van der Waals surface area contributed by atoms with Gasteiger partial charge in [-0.15, -0.1) is 0 Å². The molecule has 1 aromatic heterocycles. The van der Waals surface area contributed by atoms with Gasteiger partial charge in [-0.3, -0.25) is 4.68 Å². The summed E-state index contributed by atoms with van der Waals surface area (Å²) in [7, 11) is 3.57. The van der Waals surface area contributed by atoms with Crippen LogP contribution in [0, 0.1) is 13.8 Å². The minimum absolute atomic E-state index is 0.149. The molecule has 0 spiro atoms. The van der Waals surface area contributed by atoms with Crippen molar-refractivity contribution in [3.8, 4) is 5.75 Å². The number of nitrogens with zero attached hydrogens (tertiary/aromatic N) is 2. The summed E-state index contributed by atoms with van der Waals surface area (Å²) in [6.45, 7) is 4.03. The maximum Gasteiger partial charge on any atom is 0.119 e. The molecule has 2 aromatic rings. The van der Waals surface area contributed by atoms with Crippen LogP contribution in [-0.2, 0) is 7.05 Å². The van der Waals surface area contributed by atoms with Crippen LogP contribution in [0.5, 0.6) is 5.75 Å². The molecule has 0 saturated carbocycles. The summed E-state index contributed by atoms with van der Waals surface area (Å²) in [4.78, 5) is 0. The second-order valence-electron chi connectivity index (χ2n) is 4.54. The van der Waals surface area contributed by atoms with E-state index in [-0.39, 0.29) is 6.04 Å². The SMILES string of the molecule is COc1ccc(C(N)c2cn(C)nc2C)c(C)c1. The molecule has 0 aliphatic carbocycles. The summed E-state index contributed by atoms with van der Waals surface area (Å²) in [5.41, 5.74) is 10.6. The summed E-state index contributed by atoms with van der Waals surface area (Å²) in [5, 5.41) is 4.33. The van der Waals surface area contributed by atoms with Crippen LogP contribution in [0.4, 0.5) is 0 Å². The Balaban J connectivity index is 2.39.